The highest BCUT2D eigenvalue weighted by molar-refractivity contribution is 7.92. The molecule has 0 heterocycles. The molecular formula is C14H25N3O4S2. The van der Waals surface area contributed by atoms with E-state index in [2.05, 4.69) is 14.8 Å². The molecule has 132 valence electrons. The van der Waals surface area contributed by atoms with E-state index in [4.69, 9.17) is 0 Å². The molecule has 0 radical (unpaired) electrons. The van der Waals surface area contributed by atoms with Crippen LogP contribution in [0.4, 0.5) is 5.69 Å². The Kier molecular flexibility index (Phi) is 7.97. The second-order valence-corrected chi connectivity index (χ2v) is 8.66. The van der Waals surface area contributed by atoms with Crippen LogP contribution in [0.1, 0.15) is 26.7 Å². The van der Waals surface area contributed by atoms with Gasteiger partial charge in [-0.3, -0.25) is 4.72 Å². The van der Waals surface area contributed by atoms with Gasteiger partial charge in [0.15, 0.2) is 0 Å². The maximum atomic E-state index is 12.1. The van der Waals surface area contributed by atoms with Crippen molar-refractivity contribution in [3.63, 3.8) is 0 Å². The fourth-order valence-electron chi connectivity index (χ4n) is 1.80. The maximum absolute atomic E-state index is 12.1. The van der Waals surface area contributed by atoms with Crippen LogP contribution < -0.4 is 14.8 Å². The second-order valence-electron chi connectivity index (χ2n) is 5.05. The summed E-state index contributed by atoms with van der Waals surface area (Å²) in [6, 6.07) is 5.66. The zero-order valence-electron chi connectivity index (χ0n) is 13.5. The van der Waals surface area contributed by atoms with Crippen LogP contribution in [0.15, 0.2) is 29.2 Å². The number of likely N-dealkylation sites (N-methyl/N-ethyl adjacent to an activating group) is 1. The molecule has 9 heteroatoms. The lowest BCUT2D eigenvalue weighted by Gasteiger charge is -2.10. The second kappa shape index (κ2) is 9.21. The summed E-state index contributed by atoms with van der Waals surface area (Å²) in [5.74, 6) is 0.0511. The summed E-state index contributed by atoms with van der Waals surface area (Å²) in [4.78, 5) is 0.102. The molecule has 0 atom stereocenters. The van der Waals surface area contributed by atoms with Crippen LogP contribution >= 0.6 is 0 Å². The molecule has 1 rings (SSSR count). The Morgan fingerprint density at radius 2 is 1.61 bits per heavy atom. The minimum absolute atomic E-state index is 0.0511. The van der Waals surface area contributed by atoms with E-state index in [1.54, 1.807) is 0 Å². The molecule has 0 saturated heterocycles. The van der Waals surface area contributed by atoms with E-state index < -0.39 is 20.0 Å². The molecule has 3 N–H and O–H groups in total. The van der Waals surface area contributed by atoms with Crippen molar-refractivity contribution in [1.29, 1.82) is 0 Å². The number of benzene rings is 1. The van der Waals surface area contributed by atoms with Gasteiger partial charge in [-0.15, -0.1) is 0 Å². The van der Waals surface area contributed by atoms with Crippen molar-refractivity contribution in [3.8, 4) is 0 Å². The molecule has 0 unspecified atom stereocenters. The van der Waals surface area contributed by atoms with E-state index in [1.165, 1.54) is 24.3 Å². The van der Waals surface area contributed by atoms with Crippen molar-refractivity contribution in [1.82, 2.24) is 10.0 Å². The predicted octanol–water partition coefficient (Wildman–Crippen LogP) is 1.12. The number of anilines is 1. The molecule has 0 aromatic heterocycles. The largest absolute Gasteiger partial charge is 0.316 e. The van der Waals surface area contributed by atoms with Gasteiger partial charge >= 0.3 is 0 Å². The summed E-state index contributed by atoms with van der Waals surface area (Å²) in [7, 11) is -6.97. The Bertz CT molecular complexity index is 670. The summed E-state index contributed by atoms with van der Waals surface area (Å²) in [5, 5.41) is 3.02. The Morgan fingerprint density at radius 3 is 2.17 bits per heavy atom. The van der Waals surface area contributed by atoms with Crippen LogP contribution in [-0.4, -0.2) is 42.2 Å². The van der Waals surface area contributed by atoms with Gasteiger partial charge in [0.2, 0.25) is 20.0 Å². The Balaban J connectivity index is 2.68. The van der Waals surface area contributed by atoms with Crippen molar-refractivity contribution in [2.45, 2.75) is 31.6 Å². The summed E-state index contributed by atoms with van der Waals surface area (Å²) in [6.45, 7) is 5.47. The number of sulfonamides is 2. The van der Waals surface area contributed by atoms with Gasteiger partial charge in [0.1, 0.15) is 0 Å². The Hall–Kier alpha value is -1.16. The zero-order valence-corrected chi connectivity index (χ0v) is 15.1. The first kappa shape index (κ1) is 19.9. The van der Waals surface area contributed by atoms with Crippen LogP contribution in [0.25, 0.3) is 0 Å². The molecule has 0 fully saturated rings. The molecule has 7 nitrogen and oxygen atoms in total. The van der Waals surface area contributed by atoms with Gasteiger partial charge in [0.05, 0.1) is 10.6 Å². The quantitative estimate of drug-likeness (QED) is 0.511. The number of unbranched alkanes of at least 4 members (excludes halogenated alkanes) is 1. The Morgan fingerprint density at radius 1 is 0.957 bits per heavy atom. The fourth-order valence-corrected chi connectivity index (χ4v) is 4.10. The first-order chi connectivity index (χ1) is 10.8. The molecule has 0 aliphatic rings. The fraction of sp³-hybridized carbons (Fsp3) is 0.571. The zero-order chi connectivity index (χ0) is 17.3. The van der Waals surface area contributed by atoms with Crippen molar-refractivity contribution >= 4 is 25.7 Å². The Labute approximate surface area is 139 Å². The lowest BCUT2D eigenvalue weighted by Crippen LogP contribution is -2.31. The normalized spacial score (nSPS) is 12.3. The summed E-state index contributed by atoms with van der Waals surface area (Å²) in [5.41, 5.74) is 0.354. The smallest absolute Gasteiger partial charge is 0.240 e. The molecule has 0 aliphatic carbocycles. The lowest BCUT2D eigenvalue weighted by molar-refractivity contribution is 0.577. The van der Waals surface area contributed by atoms with E-state index in [1.807, 2.05) is 13.8 Å². The van der Waals surface area contributed by atoms with Crippen molar-refractivity contribution in [2.75, 3.05) is 30.1 Å². The molecule has 0 aliphatic heterocycles. The average molecular weight is 364 g/mol. The molecule has 1 aromatic rings. The topological polar surface area (TPSA) is 104 Å². The standard InChI is InChI=1S/C14H25N3O4S2/c1-3-5-12-22(18,19)17-13-6-8-14(9-7-13)23(20,21)16-11-10-15-4-2/h6-9,15-17H,3-5,10-12H2,1-2H3. The third-order valence-electron chi connectivity index (χ3n) is 3.05. The molecule has 0 amide bonds. The minimum atomic E-state index is -3.58. The molecular weight excluding hydrogens is 338 g/mol. The van der Waals surface area contributed by atoms with Gasteiger partial charge in [0, 0.05) is 18.8 Å². The first-order valence-corrected chi connectivity index (χ1v) is 10.7. The van der Waals surface area contributed by atoms with E-state index in [-0.39, 0.29) is 10.6 Å². The van der Waals surface area contributed by atoms with Crippen molar-refractivity contribution in [2.24, 2.45) is 0 Å². The summed E-state index contributed by atoms with van der Waals surface area (Å²) < 4.78 is 52.6. The van der Waals surface area contributed by atoms with E-state index in [0.717, 1.165) is 13.0 Å². The van der Waals surface area contributed by atoms with Gasteiger partial charge in [0.25, 0.3) is 0 Å². The lowest BCUT2D eigenvalue weighted by atomic mass is 10.3. The number of hydrogen-bond acceptors (Lipinski definition) is 5. The van der Waals surface area contributed by atoms with Crippen LogP contribution in [-0.2, 0) is 20.0 Å². The first-order valence-electron chi connectivity index (χ1n) is 7.61. The molecule has 23 heavy (non-hydrogen) atoms. The minimum Gasteiger partial charge on any atom is -0.316 e. The van der Waals surface area contributed by atoms with E-state index in [9.17, 15) is 16.8 Å². The van der Waals surface area contributed by atoms with E-state index >= 15 is 0 Å². The van der Waals surface area contributed by atoms with Crippen molar-refractivity contribution < 1.29 is 16.8 Å². The number of rotatable bonds is 11. The predicted molar refractivity (Wildman–Crippen MR) is 92.5 cm³/mol. The van der Waals surface area contributed by atoms with E-state index in [0.29, 0.717) is 25.2 Å². The van der Waals surface area contributed by atoms with Gasteiger partial charge in [-0.2, -0.15) is 0 Å². The molecule has 1 aromatic carbocycles. The molecule has 0 bridgehead atoms. The highest BCUT2D eigenvalue weighted by Crippen LogP contribution is 2.15. The molecule has 0 saturated carbocycles. The van der Waals surface area contributed by atoms with Gasteiger partial charge in [-0.05, 0) is 37.2 Å². The third-order valence-corrected chi connectivity index (χ3v) is 5.90. The SMILES string of the molecule is CCCCS(=O)(=O)Nc1ccc(S(=O)(=O)NCCNCC)cc1. The summed E-state index contributed by atoms with van der Waals surface area (Å²) >= 11 is 0. The highest BCUT2D eigenvalue weighted by atomic mass is 32.2. The van der Waals surface area contributed by atoms with Gasteiger partial charge in [-0.1, -0.05) is 20.3 Å². The highest BCUT2D eigenvalue weighted by Gasteiger charge is 2.14. The number of nitrogens with one attached hydrogen (secondary N) is 3. The van der Waals surface area contributed by atoms with Gasteiger partial charge in [-0.25, -0.2) is 21.6 Å². The maximum Gasteiger partial charge on any atom is 0.240 e. The van der Waals surface area contributed by atoms with Crippen molar-refractivity contribution in [3.05, 3.63) is 24.3 Å². The van der Waals surface area contributed by atoms with Crippen LogP contribution in [0.2, 0.25) is 0 Å². The average Bonchev–Trinajstić information content (AvgIpc) is 2.50. The monoisotopic (exact) mass is 363 g/mol. The summed E-state index contributed by atoms with van der Waals surface area (Å²) in [6.07, 6.45) is 1.37. The van der Waals surface area contributed by atoms with Crippen LogP contribution in [0.5, 0.6) is 0 Å². The number of hydrogen-bond donors (Lipinski definition) is 3. The third kappa shape index (κ3) is 7.30. The van der Waals surface area contributed by atoms with Crippen LogP contribution in [0.3, 0.4) is 0 Å². The van der Waals surface area contributed by atoms with Gasteiger partial charge < -0.3 is 5.32 Å². The molecule has 0 spiro atoms. The van der Waals surface area contributed by atoms with Crippen LogP contribution in [0, 0.1) is 0 Å².